The first kappa shape index (κ1) is 16.3. The number of aryl methyl sites for hydroxylation is 1. The fraction of sp³-hybridized carbons (Fsp3) is 0.412. The van der Waals surface area contributed by atoms with Crippen molar-refractivity contribution in [2.24, 2.45) is 7.05 Å². The highest BCUT2D eigenvalue weighted by atomic mass is 16.5. The quantitative estimate of drug-likeness (QED) is 0.709. The third kappa shape index (κ3) is 2.50. The predicted octanol–water partition coefficient (Wildman–Crippen LogP) is 1.47. The Morgan fingerprint density at radius 3 is 2.58 bits per heavy atom. The average Bonchev–Trinajstić information content (AvgIpc) is 2.86. The van der Waals surface area contributed by atoms with Crippen LogP contribution in [0.5, 0.6) is 11.5 Å². The maximum Gasteiger partial charge on any atom is 0.291 e. The fourth-order valence-corrected chi connectivity index (χ4v) is 2.95. The van der Waals surface area contributed by atoms with Crippen LogP contribution in [0, 0.1) is 0 Å². The van der Waals surface area contributed by atoms with Crippen molar-refractivity contribution in [3.63, 3.8) is 0 Å². The lowest BCUT2D eigenvalue weighted by atomic mass is 10.2. The highest BCUT2D eigenvalue weighted by Gasteiger charge is 2.18. The molecule has 0 radical (unpaired) electrons. The fourth-order valence-electron chi connectivity index (χ4n) is 2.95. The Hall–Kier alpha value is -2.54. The van der Waals surface area contributed by atoms with Crippen molar-refractivity contribution < 1.29 is 9.47 Å². The molecule has 1 aromatic carbocycles. The first-order valence-corrected chi connectivity index (χ1v) is 7.73. The van der Waals surface area contributed by atoms with Gasteiger partial charge in [-0.25, -0.2) is 4.68 Å². The summed E-state index contributed by atoms with van der Waals surface area (Å²) in [6.07, 6.45) is 1.74. The Bertz CT molecular complexity index is 956. The first-order chi connectivity index (χ1) is 11.5. The van der Waals surface area contributed by atoms with Crippen LogP contribution in [0.4, 0.5) is 0 Å². The first-order valence-electron chi connectivity index (χ1n) is 7.73. The number of rotatable bonds is 5. The van der Waals surface area contributed by atoms with Gasteiger partial charge in [-0.05, 0) is 14.1 Å². The lowest BCUT2D eigenvalue weighted by Gasteiger charge is -2.10. The zero-order chi connectivity index (χ0) is 17.4. The van der Waals surface area contributed by atoms with Gasteiger partial charge in [0.25, 0.3) is 5.56 Å². The summed E-state index contributed by atoms with van der Waals surface area (Å²) in [7, 11) is 9.04. The number of benzene rings is 1. The molecule has 0 aliphatic rings. The Labute approximate surface area is 140 Å². The highest BCUT2D eigenvalue weighted by Crippen LogP contribution is 2.36. The molecule has 0 amide bonds. The van der Waals surface area contributed by atoms with E-state index < -0.39 is 0 Å². The monoisotopic (exact) mass is 330 g/mol. The van der Waals surface area contributed by atoms with Crippen molar-refractivity contribution in [1.29, 1.82) is 0 Å². The van der Waals surface area contributed by atoms with E-state index in [2.05, 4.69) is 5.10 Å². The topological polar surface area (TPSA) is 61.5 Å². The molecule has 24 heavy (non-hydrogen) atoms. The molecule has 7 heteroatoms. The Kier molecular flexibility index (Phi) is 4.19. The lowest BCUT2D eigenvalue weighted by Crippen LogP contribution is -2.29. The minimum atomic E-state index is -0.103. The molecule has 0 N–H and O–H groups in total. The van der Waals surface area contributed by atoms with Crippen LogP contribution in [0.3, 0.4) is 0 Å². The smallest absolute Gasteiger partial charge is 0.291 e. The number of hydrogen-bond acceptors (Lipinski definition) is 5. The van der Waals surface area contributed by atoms with Gasteiger partial charge in [-0.2, -0.15) is 5.10 Å². The standard InChI is InChI=1S/C17H22N4O3/c1-19(2)6-7-21-17(22)16-12(10-18-21)15-13(20(16)3)8-11(23-4)9-14(15)24-5/h8-10H,6-7H2,1-5H3. The molecular weight excluding hydrogens is 308 g/mol. The molecular formula is C17H22N4O3. The molecule has 3 rings (SSSR count). The highest BCUT2D eigenvalue weighted by molar-refractivity contribution is 6.11. The second kappa shape index (κ2) is 6.16. The third-order valence-corrected chi connectivity index (χ3v) is 4.25. The SMILES string of the molecule is COc1cc(OC)c2c3cnn(CCN(C)C)c(=O)c3n(C)c2c1. The molecule has 0 saturated heterocycles. The molecule has 0 spiro atoms. The second-order valence-corrected chi connectivity index (χ2v) is 6.02. The third-order valence-electron chi connectivity index (χ3n) is 4.25. The van der Waals surface area contributed by atoms with Crippen molar-refractivity contribution in [2.75, 3.05) is 34.9 Å². The van der Waals surface area contributed by atoms with E-state index in [-0.39, 0.29) is 5.56 Å². The van der Waals surface area contributed by atoms with E-state index in [4.69, 9.17) is 9.47 Å². The van der Waals surface area contributed by atoms with Gasteiger partial charge in [0.15, 0.2) is 0 Å². The number of fused-ring (bicyclic) bond motifs is 3. The zero-order valence-corrected chi connectivity index (χ0v) is 14.7. The van der Waals surface area contributed by atoms with Gasteiger partial charge in [0.2, 0.25) is 0 Å². The van der Waals surface area contributed by atoms with Crippen molar-refractivity contribution >= 4 is 21.8 Å². The van der Waals surface area contributed by atoms with Gasteiger partial charge >= 0.3 is 0 Å². The summed E-state index contributed by atoms with van der Waals surface area (Å²) in [5, 5.41) is 6.00. The van der Waals surface area contributed by atoms with E-state index in [1.54, 1.807) is 20.4 Å². The maximum absolute atomic E-state index is 12.9. The van der Waals surface area contributed by atoms with Crippen LogP contribution in [0.1, 0.15) is 0 Å². The summed E-state index contributed by atoms with van der Waals surface area (Å²) < 4.78 is 14.2. The van der Waals surface area contributed by atoms with E-state index in [0.717, 1.165) is 22.8 Å². The van der Waals surface area contributed by atoms with Crippen LogP contribution in [0.2, 0.25) is 0 Å². The molecule has 0 aliphatic heterocycles. The maximum atomic E-state index is 12.9. The van der Waals surface area contributed by atoms with E-state index in [1.807, 2.05) is 42.7 Å². The average molecular weight is 330 g/mol. The lowest BCUT2D eigenvalue weighted by molar-refractivity contribution is 0.368. The normalized spacial score (nSPS) is 11.6. The Morgan fingerprint density at radius 2 is 1.96 bits per heavy atom. The number of nitrogens with zero attached hydrogens (tertiary/aromatic N) is 4. The summed E-state index contributed by atoms with van der Waals surface area (Å²) >= 11 is 0. The summed E-state index contributed by atoms with van der Waals surface area (Å²) in [5.41, 5.74) is 1.39. The van der Waals surface area contributed by atoms with Gasteiger partial charge in [0, 0.05) is 31.1 Å². The minimum Gasteiger partial charge on any atom is -0.497 e. The molecule has 0 atom stereocenters. The van der Waals surface area contributed by atoms with Gasteiger partial charge < -0.3 is 18.9 Å². The van der Waals surface area contributed by atoms with Crippen LogP contribution in [-0.4, -0.2) is 54.1 Å². The molecule has 7 nitrogen and oxygen atoms in total. The summed E-state index contributed by atoms with van der Waals surface area (Å²) in [6.45, 7) is 1.29. The van der Waals surface area contributed by atoms with Crippen LogP contribution < -0.4 is 15.0 Å². The molecule has 0 unspecified atom stereocenters. The number of methoxy groups -OCH3 is 2. The largest absolute Gasteiger partial charge is 0.497 e. The molecule has 3 aromatic rings. The molecule has 0 fully saturated rings. The van der Waals surface area contributed by atoms with Gasteiger partial charge in [-0.3, -0.25) is 4.79 Å². The molecule has 0 saturated carbocycles. The summed E-state index contributed by atoms with van der Waals surface area (Å²) in [4.78, 5) is 14.9. The number of hydrogen-bond donors (Lipinski definition) is 0. The second-order valence-electron chi connectivity index (χ2n) is 6.02. The van der Waals surface area contributed by atoms with Crippen LogP contribution in [0.25, 0.3) is 21.8 Å². The molecule has 128 valence electrons. The van der Waals surface area contributed by atoms with Crippen molar-refractivity contribution in [3.8, 4) is 11.5 Å². The van der Waals surface area contributed by atoms with Crippen LogP contribution in [0.15, 0.2) is 23.1 Å². The van der Waals surface area contributed by atoms with Gasteiger partial charge in [-0.1, -0.05) is 0 Å². The molecule has 0 aliphatic carbocycles. The predicted molar refractivity (Wildman–Crippen MR) is 94.1 cm³/mol. The number of likely N-dealkylation sites (N-methyl/N-ethyl adjacent to an activating group) is 1. The van der Waals surface area contributed by atoms with Crippen LogP contribution in [-0.2, 0) is 13.6 Å². The summed E-state index contributed by atoms with van der Waals surface area (Å²) in [6, 6.07) is 3.72. The Balaban J connectivity index is 2.31. The molecule has 2 heterocycles. The van der Waals surface area contributed by atoms with E-state index in [9.17, 15) is 4.79 Å². The van der Waals surface area contributed by atoms with Gasteiger partial charge in [0.1, 0.15) is 17.0 Å². The Morgan fingerprint density at radius 1 is 1.21 bits per heavy atom. The molecule has 0 bridgehead atoms. The van der Waals surface area contributed by atoms with E-state index >= 15 is 0 Å². The van der Waals surface area contributed by atoms with Crippen molar-refractivity contribution in [3.05, 3.63) is 28.7 Å². The number of ether oxygens (including phenoxy) is 2. The summed E-state index contributed by atoms with van der Waals surface area (Å²) in [5.74, 6) is 1.35. The molecule has 2 aromatic heterocycles. The zero-order valence-electron chi connectivity index (χ0n) is 14.7. The van der Waals surface area contributed by atoms with Crippen LogP contribution >= 0.6 is 0 Å². The number of aromatic nitrogens is 3. The van der Waals surface area contributed by atoms with E-state index in [1.165, 1.54) is 4.68 Å². The van der Waals surface area contributed by atoms with Gasteiger partial charge in [-0.15, -0.1) is 0 Å². The van der Waals surface area contributed by atoms with Crippen molar-refractivity contribution in [1.82, 2.24) is 19.2 Å². The van der Waals surface area contributed by atoms with Crippen molar-refractivity contribution in [2.45, 2.75) is 6.54 Å². The van der Waals surface area contributed by atoms with Gasteiger partial charge in [0.05, 0.1) is 37.9 Å². The van der Waals surface area contributed by atoms with E-state index in [0.29, 0.717) is 23.6 Å². The minimum absolute atomic E-state index is 0.103.